The van der Waals surface area contributed by atoms with Gasteiger partial charge in [0.1, 0.15) is 0 Å². The third-order valence-corrected chi connectivity index (χ3v) is 4.94. The second-order valence-electron chi connectivity index (χ2n) is 5.87. The van der Waals surface area contributed by atoms with Crippen molar-refractivity contribution >= 4 is 23.2 Å². The van der Waals surface area contributed by atoms with Crippen molar-refractivity contribution in [3.8, 4) is 0 Å². The summed E-state index contributed by atoms with van der Waals surface area (Å²) in [7, 11) is 2.00. The van der Waals surface area contributed by atoms with Gasteiger partial charge in [0.15, 0.2) is 0 Å². The van der Waals surface area contributed by atoms with Crippen LogP contribution in [0.1, 0.15) is 19.3 Å². The molecule has 21 heavy (non-hydrogen) atoms. The van der Waals surface area contributed by atoms with E-state index in [1.54, 1.807) is 0 Å². The highest BCUT2D eigenvalue weighted by Crippen LogP contribution is 2.31. The van der Waals surface area contributed by atoms with Crippen molar-refractivity contribution in [1.29, 1.82) is 0 Å². The van der Waals surface area contributed by atoms with E-state index in [-0.39, 0.29) is 11.9 Å². The fourth-order valence-electron chi connectivity index (χ4n) is 3.44. The largest absolute Gasteiger partial charge is 0.316 e. The summed E-state index contributed by atoms with van der Waals surface area (Å²) >= 11 is 6.23. The Morgan fingerprint density at radius 1 is 1.24 bits per heavy atom. The molecular formula is C16H22ClN3O. The predicted molar refractivity (Wildman–Crippen MR) is 85.9 cm³/mol. The molecule has 1 aromatic rings. The van der Waals surface area contributed by atoms with Crippen molar-refractivity contribution in [3.63, 3.8) is 0 Å². The first-order valence-corrected chi connectivity index (χ1v) is 8.05. The van der Waals surface area contributed by atoms with Crippen LogP contribution in [0.5, 0.6) is 0 Å². The summed E-state index contributed by atoms with van der Waals surface area (Å²) < 4.78 is 0. The van der Waals surface area contributed by atoms with E-state index in [2.05, 4.69) is 10.2 Å². The maximum Gasteiger partial charge on any atom is 0.244 e. The molecule has 114 valence electrons. The third-order valence-electron chi connectivity index (χ3n) is 4.62. The fourth-order valence-corrected chi connectivity index (χ4v) is 3.68. The van der Waals surface area contributed by atoms with Crippen molar-refractivity contribution < 1.29 is 4.79 Å². The number of para-hydroxylation sites is 1. The van der Waals surface area contributed by atoms with E-state index in [1.165, 1.54) is 6.42 Å². The van der Waals surface area contributed by atoms with E-state index in [4.69, 9.17) is 11.6 Å². The second kappa shape index (κ2) is 6.34. The number of anilines is 1. The monoisotopic (exact) mass is 307 g/mol. The van der Waals surface area contributed by atoms with Crippen molar-refractivity contribution in [3.05, 3.63) is 29.3 Å². The summed E-state index contributed by atoms with van der Waals surface area (Å²) in [5.41, 5.74) is 0.842. The molecule has 2 fully saturated rings. The third kappa shape index (κ3) is 2.93. The van der Waals surface area contributed by atoms with E-state index >= 15 is 0 Å². The van der Waals surface area contributed by atoms with Crippen LogP contribution in [0, 0.1) is 0 Å². The number of carbonyl (C=O) groups is 1. The molecule has 3 rings (SSSR count). The Morgan fingerprint density at radius 3 is 2.81 bits per heavy atom. The Kier molecular flexibility index (Phi) is 4.48. The second-order valence-corrected chi connectivity index (χ2v) is 6.28. The van der Waals surface area contributed by atoms with E-state index in [0.717, 1.165) is 38.2 Å². The molecule has 0 saturated carbocycles. The Hall–Kier alpha value is -1.10. The smallest absolute Gasteiger partial charge is 0.244 e. The first-order valence-electron chi connectivity index (χ1n) is 7.68. The number of halogens is 1. The van der Waals surface area contributed by atoms with Crippen LogP contribution in [-0.4, -0.2) is 49.6 Å². The van der Waals surface area contributed by atoms with Gasteiger partial charge in [-0.1, -0.05) is 23.7 Å². The number of rotatable bonds is 3. The number of likely N-dealkylation sites (tertiary alicyclic amines) is 1. The summed E-state index contributed by atoms with van der Waals surface area (Å²) in [5.74, 6) is 0.194. The Balaban J connectivity index is 1.73. The van der Waals surface area contributed by atoms with Crippen LogP contribution in [-0.2, 0) is 4.79 Å². The van der Waals surface area contributed by atoms with Crippen LogP contribution < -0.4 is 10.2 Å². The Labute approximate surface area is 131 Å². The molecule has 1 N–H and O–H groups in total. The number of amides is 1. The summed E-state index contributed by atoms with van der Waals surface area (Å²) in [5, 5.41) is 3.99. The minimum absolute atomic E-state index is 0.0115. The predicted octanol–water partition coefficient (Wildman–Crippen LogP) is 2.13. The lowest BCUT2D eigenvalue weighted by molar-refractivity contribution is -0.122. The molecule has 5 heteroatoms. The van der Waals surface area contributed by atoms with Crippen LogP contribution >= 0.6 is 11.6 Å². The van der Waals surface area contributed by atoms with E-state index in [0.29, 0.717) is 11.1 Å². The molecule has 2 aliphatic rings. The Bertz CT molecular complexity index is 522. The molecule has 0 aliphatic carbocycles. The zero-order valence-electron chi connectivity index (χ0n) is 12.4. The van der Waals surface area contributed by atoms with Crippen molar-refractivity contribution in [2.75, 3.05) is 31.6 Å². The lowest BCUT2D eigenvalue weighted by Gasteiger charge is -2.35. The average molecular weight is 308 g/mol. The molecule has 2 saturated heterocycles. The molecule has 2 heterocycles. The molecule has 1 amide bonds. The maximum atomic E-state index is 12.8. The average Bonchev–Trinajstić information content (AvgIpc) is 2.89. The number of hydrogen-bond acceptors (Lipinski definition) is 3. The Morgan fingerprint density at radius 2 is 2.05 bits per heavy atom. The number of piperidine rings is 1. The van der Waals surface area contributed by atoms with Crippen LogP contribution in [0.4, 0.5) is 5.69 Å². The first kappa shape index (κ1) is 14.8. The first-order chi connectivity index (χ1) is 10.2. The maximum absolute atomic E-state index is 12.8. The normalized spacial score (nSPS) is 27.3. The fraction of sp³-hybridized carbons (Fsp3) is 0.562. The number of carbonyl (C=O) groups excluding carboxylic acids is 1. The molecule has 0 aromatic heterocycles. The summed E-state index contributed by atoms with van der Waals surface area (Å²) in [6, 6.07) is 8.11. The van der Waals surface area contributed by atoms with Gasteiger partial charge in [-0.15, -0.1) is 0 Å². The highest BCUT2D eigenvalue weighted by atomic mass is 35.5. The van der Waals surface area contributed by atoms with E-state index in [1.807, 2.05) is 36.2 Å². The van der Waals surface area contributed by atoms with Crippen LogP contribution in [0.2, 0.25) is 5.02 Å². The van der Waals surface area contributed by atoms with Gasteiger partial charge in [-0.25, -0.2) is 0 Å². The lowest BCUT2D eigenvalue weighted by atomic mass is 10.0. The lowest BCUT2D eigenvalue weighted by Crippen LogP contribution is -2.51. The SMILES string of the molecule is CNC1CCCN(C2CCN(c3ccccc3Cl)C2=O)C1. The van der Waals surface area contributed by atoms with Crippen LogP contribution in [0.15, 0.2) is 24.3 Å². The van der Waals surface area contributed by atoms with Crippen molar-refractivity contribution in [2.45, 2.75) is 31.3 Å². The van der Waals surface area contributed by atoms with Gasteiger partial charge in [-0.3, -0.25) is 9.69 Å². The summed E-state index contributed by atoms with van der Waals surface area (Å²) in [6.45, 7) is 2.74. The standard InChI is InChI=1S/C16H22ClN3O/c1-18-12-5-4-9-19(11-12)15-8-10-20(16(15)21)14-7-3-2-6-13(14)17/h2-3,6-7,12,15,18H,4-5,8-11H2,1H3. The minimum atomic E-state index is 0.0115. The van der Waals surface area contributed by atoms with Crippen molar-refractivity contribution in [1.82, 2.24) is 10.2 Å². The summed E-state index contributed by atoms with van der Waals surface area (Å²) in [6.07, 6.45) is 3.24. The number of nitrogens with one attached hydrogen (secondary N) is 1. The van der Waals surface area contributed by atoms with Gasteiger partial charge in [-0.2, -0.15) is 0 Å². The summed E-state index contributed by atoms with van der Waals surface area (Å²) in [4.78, 5) is 16.9. The number of likely N-dealkylation sites (N-methyl/N-ethyl adjacent to an activating group) is 1. The molecule has 0 spiro atoms. The van der Waals surface area contributed by atoms with Crippen molar-refractivity contribution in [2.24, 2.45) is 0 Å². The van der Waals surface area contributed by atoms with E-state index < -0.39 is 0 Å². The molecule has 2 atom stereocenters. The van der Waals surface area contributed by atoms with Gasteiger partial charge in [-0.05, 0) is 45.0 Å². The van der Waals surface area contributed by atoms with Gasteiger partial charge < -0.3 is 10.2 Å². The number of nitrogens with zero attached hydrogens (tertiary/aromatic N) is 2. The van der Waals surface area contributed by atoms with Crippen LogP contribution in [0.25, 0.3) is 0 Å². The zero-order chi connectivity index (χ0) is 14.8. The minimum Gasteiger partial charge on any atom is -0.316 e. The quantitative estimate of drug-likeness (QED) is 0.929. The molecule has 0 bridgehead atoms. The van der Waals surface area contributed by atoms with Gasteiger partial charge in [0.25, 0.3) is 0 Å². The highest BCUT2D eigenvalue weighted by Gasteiger charge is 2.38. The molecule has 4 nitrogen and oxygen atoms in total. The topological polar surface area (TPSA) is 35.6 Å². The van der Waals surface area contributed by atoms with Gasteiger partial charge in [0.2, 0.25) is 5.91 Å². The molecular weight excluding hydrogens is 286 g/mol. The number of hydrogen-bond donors (Lipinski definition) is 1. The zero-order valence-corrected chi connectivity index (χ0v) is 13.1. The number of benzene rings is 1. The van der Waals surface area contributed by atoms with Crippen LogP contribution in [0.3, 0.4) is 0 Å². The highest BCUT2D eigenvalue weighted by molar-refractivity contribution is 6.33. The van der Waals surface area contributed by atoms with E-state index in [9.17, 15) is 4.79 Å². The van der Waals surface area contributed by atoms with Gasteiger partial charge in [0.05, 0.1) is 16.8 Å². The van der Waals surface area contributed by atoms with Gasteiger partial charge in [0, 0.05) is 19.1 Å². The molecule has 0 radical (unpaired) electrons. The molecule has 2 unspecified atom stereocenters. The van der Waals surface area contributed by atoms with Gasteiger partial charge >= 0.3 is 0 Å². The molecule has 2 aliphatic heterocycles. The molecule has 1 aromatic carbocycles.